The van der Waals surface area contributed by atoms with Crippen LogP contribution in [-0.4, -0.2) is 22.4 Å². The molecule has 0 heterocycles. The molecule has 1 N–H and O–H groups in total. The second kappa shape index (κ2) is 5.14. The van der Waals surface area contributed by atoms with Crippen LogP contribution in [0, 0.1) is 0 Å². The maximum atomic E-state index is 5.59. The van der Waals surface area contributed by atoms with E-state index in [9.17, 15) is 0 Å². The van der Waals surface area contributed by atoms with Crippen LogP contribution in [0.25, 0.3) is 0 Å². The van der Waals surface area contributed by atoms with Gasteiger partial charge < -0.3 is 14.2 Å². The third-order valence-electron chi connectivity index (χ3n) is 1.96. The number of benzene rings is 1. The molecular formula is C10H17NO2Si. The molecule has 4 heteroatoms. The van der Waals surface area contributed by atoms with E-state index in [2.05, 4.69) is 5.32 Å². The molecule has 3 nitrogen and oxygen atoms in total. The van der Waals surface area contributed by atoms with E-state index in [1.54, 1.807) is 7.11 Å². The maximum Gasteiger partial charge on any atom is 0.332 e. The lowest BCUT2D eigenvalue weighted by molar-refractivity contribution is 0.226. The van der Waals surface area contributed by atoms with Gasteiger partial charge in [0.05, 0.1) is 0 Å². The van der Waals surface area contributed by atoms with Gasteiger partial charge in [0, 0.05) is 12.8 Å². The van der Waals surface area contributed by atoms with E-state index in [0.29, 0.717) is 6.73 Å². The average Bonchev–Trinajstić information content (AvgIpc) is 2.19. The van der Waals surface area contributed by atoms with Gasteiger partial charge >= 0.3 is 8.56 Å². The number of anilines is 1. The highest BCUT2D eigenvalue weighted by Crippen LogP contribution is 2.07. The monoisotopic (exact) mass is 211 g/mol. The molecule has 0 amide bonds. The summed E-state index contributed by atoms with van der Waals surface area (Å²) in [5.74, 6) is 0. The molecule has 0 bridgehead atoms. The van der Waals surface area contributed by atoms with Gasteiger partial charge in [0.25, 0.3) is 0 Å². The van der Waals surface area contributed by atoms with Gasteiger partial charge in [-0.2, -0.15) is 0 Å². The summed E-state index contributed by atoms with van der Waals surface area (Å²) in [7, 11) is -0.204. The number of hydrogen-bond acceptors (Lipinski definition) is 3. The van der Waals surface area contributed by atoms with Gasteiger partial charge in [-0.3, -0.25) is 0 Å². The van der Waals surface area contributed by atoms with Crippen molar-refractivity contribution in [2.24, 2.45) is 0 Å². The molecule has 14 heavy (non-hydrogen) atoms. The third-order valence-corrected chi connectivity index (χ3v) is 3.78. The first kappa shape index (κ1) is 11.2. The summed E-state index contributed by atoms with van der Waals surface area (Å²) >= 11 is 0. The van der Waals surface area contributed by atoms with Gasteiger partial charge in [0.1, 0.15) is 6.73 Å². The van der Waals surface area contributed by atoms with Gasteiger partial charge in [0.15, 0.2) is 0 Å². The fourth-order valence-electron chi connectivity index (χ4n) is 0.908. The lowest BCUT2D eigenvalue weighted by Gasteiger charge is -2.20. The first-order valence-electron chi connectivity index (χ1n) is 4.62. The minimum Gasteiger partial charge on any atom is -0.398 e. The molecule has 0 spiro atoms. The van der Waals surface area contributed by atoms with E-state index in [1.165, 1.54) is 0 Å². The third kappa shape index (κ3) is 3.91. The number of nitrogens with one attached hydrogen (secondary N) is 1. The van der Waals surface area contributed by atoms with Crippen LogP contribution in [0.3, 0.4) is 0 Å². The Bertz CT molecular complexity index is 264. The molecular weight excluding hydrogens is 194 g/mol. The molecule has 0 aliphatic carbocycles. The van der Waals surface area contributed by atoms with Crippen LogP contribution in [-0.2, 0) is 8.85 Å². The highest BCUT2D eigenvalue weighted by molar-refractivity contribution is 6.64. The second-order valence-corrected chi connectivity index (χ2v) is 6.93. The molecule has 0 unspecified atom stereocenters. The Hall–Kier alpha value is -0.843. The van der Waals surface area contributed by atoms with Crippen LogP contribution in [0.1, 0.15) is 0 Å². The van der Waals surface area contributed by atoms with Crippen molar-refractivity contribution < 1.29 is 8.85 Å². The minimum absolute atomic E-state index is 0.497. The standard InChI is InChI=1S/C10H17NO2Si/c1-12-14(2,3)13-9-11-10-7-5-4-6-8-10/h4-8,11H,9H2,1-3H3. The molecule has 0 saturated heterocycles. The summed E-state index contributed by atoms with van der Waals surface area (Å²) in [5, 5.41) is 3.17. The zero-order valence-corrected chi connectivity index (χ0v) is 9.91. The predicted molar refractivity (Wildman–Crippen MR) is 60.5 cm³/mol. The van der Waals surface area contributed by atoms with Crippen LogP contribution in [0.2, 0.25) is 13.1 Å². The van der Waals surface area contributed by atoms with E-state index in [-0.39, 0.29) is 0 Å². The maximum absolute atomic E-state index is 5.59. The molecule has 0 aromatic heterocycles. The summed E-state index contributed by atoms with van der Waals surface area (Å²) < 4.78 is 10.8. The van der Waals surface area contributed by atoms with Crippen LogP contribution >= 0.6 is 0 Å². The number of rotatable bonds is 5. The number of hydrogen-bond donors (Lipinski definition) is 1. The van der Waals surface area contributed by atoms with Gasteiger partial charge in [-0.05, 0) is 25.2 Å². The van der Waals surface area contributed by atoms with Crippen molar-refractivity contribution in [1.82, 2.24) is 0 Å². The molecule has 0 atom stereocenters. The van der Waals surface area contributed by atoms with E-state index in [4.69, 9.17) is 8.85 Å². The molecule has 1 aromatic rings. The minimum atomic E-state index is -1.89. The summed E-state index contributed by atoms with van der Waals surface area (Å²) in [4.78, 5) is 0. The van der Waals surface area contributed by atoms with Crippen molar-refractivity contribution >= 4 is 14.2 Å². The summed E-state index contributed by atoms with van der Waals surface area (Å²) in [5.41, 5.74) is 1.06. The van der Waals surface area contributed by atoms with Crippen molar-refractivity contribution in [2.75, 3.05) is 19.2 Å². The first-order chi connectivity index (χ1) is 6.64. The fraction of sp³-hybridized carbons (Fsp3) is 0.400. The lowest BCUT2D eigenvalue weighted by atomic mass is 10.3. The quantitative estimate of drug-likeness (QED) is 0.599. The van der Waals surface area contributed by atoms with E-state index in [1.807, 2.05) is 43.4 Å². The van der Waals surface area contributed by atoms with Gasteiger partial charge in [-0.25, -0.2) is 0 Å². The van der Waals surface area contributed by atoms with E-state index >= 15 is 0 Å². The first-order valence-corrected chi connectivity index (χ1v) is 7.44. The summed E-state index contributed by atoms with van der Waals surface area (Å²) in [6.45, 7) is 4.52. The van der Waals surface area contributed by atoms with E-state index in [0.717, 1.165) is 5.69 Å². The van der Waals surface area contributed by atoms with Crippen molar-refractivity contribution in [3.8, 4) is 0 Å². The van der Waals surface area contributed by atoms with Gasteiger partial charge in [-0.15, -0.1) is 0 Å². The molecule has 0 fully saturated rings. The Labute approximate surface area is 86.3 Å². The van der Waals surface area contributed by atoms with Gasteiger partial charge in [-0.1, -0.05) is 18.2 Å². The van der Waals surface area contributed by atoms with Crippen molar-refractivity contribution in [1.29, 1.82) is 0 Å². The Morgan fingerprint density at radius 2 is 1.86 bits per heavy atom. The average molecular weight is 211 g/mol. The fourth-order valence-corrected chi connectivity index (χ4v) is 1.45. The molecule has 78 valence electrons. The van der Waals surface area contributed by atoms with Crippen LogP contribution < -0.4 is 5.32 Å². The SMILES string of the molecule is CO[Si](C)(C)OCNc1ccccc1. The normalized spacial score (nSPS) is 11.4. The van der Waals surface area contributed by atoms with Crippen molar-refractivity contribution in [2.45, 2.75) is 13.1 Å². The summed E-state index contributed by atoms with van der Waals surface area (Å²) in [6.07, 6.45) is 0. The molecule has 0 aliphatic heterocycles. The second-order valence-electron chi connectivity index (χ2n) is 3.44. The number of para-hydroxylation sites is 1. The highest BCUT2D eigenvalue weighted by Gasteiger charge is 2.21. The molecule has 0 radical (unpaired) electrons. The topological polar surface area (TPSA) is 30.5 Å². The Kier molecular flexibility index (Phi) is 4.12. The Morgan fingerprint density at radius 1 is 1.21 bits per heavy atom. The van der Waals surface area contributed by atoms with E-state index < -0.39 is 8.56 Å². The molecule has 1 aromatic carbocycles. The van der Waals surface area contributed by atoms with Gasteiger partial charge in [0.2, 0.25) is 0 Å². The highest BCUT2D eigenvalue weighted by atomic mass is 28.4. The van der Waals surface area contributed by atoms with Crippen LogP contribution in [0.15, 0.2) is 30.3 Å². The van der Waals surface area contributed by atoms with Crippen LogP contribution in [0.5, 0.6) is 0 Å². The zero-order chi connectivity index (χ0) is 10.4. The van der Waals surface area contributed by atoms with Crippen molar-refractivity contribution in [3.63, 3.8) is 0 Å². The smallest absolute Gasteiger partial charge is 0.332 e. The van der Waals surface area contributed by atoms with Crippen molar-refractivity contribution in [3.05, 3.63) is 30.3 Å². The zero-order valence-electron chi connectivity index (χ0n) is 8.91. The molecule has 1 rings (SSSR count). The Balaban J connectivity index is 2.29. The Morgan fingerprint density at radius 3 is 2.43 bits per heavy atom. The molecule has 0 aliphatic rings. The van der Waals surface area contributed by atoms with Crippen LogP contribution in [0.4, 0.5) is 5.69 Å². The largest absolute Gasteiger partial charge is 0.398 e. The lowest BCUT2D eigenvalue weighted by Crippen LogP contribution is -2.35. The predicted octanol–water partition coefficient (Wildman–Crippen LogP) is 2.42. The summed E-state index contributed by atoms with van der Waals surface area (Å²) in [6, 6.07) is 9.97. The molecule has 0 saturated carbocycles.